The molecule has 5 N–H and O–H groups in total. The van der Waals surface area contributed by atoms with Crippen LogP contribution in [-0.4, -0.2) is 9.97 Å². The first kappa shape index (κ1) is 11.9. The molecule has 88 valence electrons. The lowest BCUT2D eigenvalue weighted by Gasteiger charge is -2.05. The molecule has 6 heteroatoms. The minimum atomic E-state index is 0.291. The zero-order valence-corrected chi connectivity index (χ0v) is 10.6. The SMILES string of the molecule is Nc1nc(SCc2ccccc2)c(N)c(=S)[nH]1. The van der Waals surface area contributed by atoms with Crippen molar-refractivity contribution < 1.29 is 0 Å². The topological polar surface area (TPSA) is 80.7 Å². The fourth-order valence-electron chi connectivity index (χ4n) is 1.31. The molecule has 0 fully saturated rings. The van der Waals surface area contributed by atoms with Gasteiger partial charge in [0.05, 0.1) is 5.69 Å². The summed E-state index contributed by atoms with van der Waals surface area (Å²) in [6.07, 6.45) is 0. The van der Waals surface area contributed by atoms with E-state index in [4.69, 9.17) is 23.7 Å². The zero-order valence-electron chi connectivity index (χ0n) is 9.01. The molecule has 0 aliphatic rings. The fourth-order valence-corrected chi connectivity index (χ4v) is 2.50. The first-order chi connectivity index (χ1) is 8.16. The van der Waals surface area contributed by atoms with Crippen LogP contribution in [0.3, 0.4) is 0 Å². The Morgan fingerprint density at radius 1 is 1.24 bits per heavy atom. The Morgan fingerprint density at radius 2 is 1.94 bits per heavy atom. The highest BCUT2D eigenvalue weighted by Crippen LogP contribution is 2.26. The molecular weight excluding hydrogens is 252 g/mol. The highest BCUT2D eigenvalue weighted by atomic mass is 32.2. The van der Waals surface area contributed by atoms with E-state index in [1.165, 1.54) is 17.3 Å². The first-order valence-corrected chi connectivity index (χ1v) is 6.38. The molecule has 0 spiro atoms. The quantitative estimate of drug-likeness (QED) is 0.451. The number of aromatic nitrogens is 2. The van der Waals surface area contributed by atoms with Crippen LogP contribution < -0.4 is 11.5 Å². The van der Waals surface area contributed by atoms with E-state index in [2.05, 4.69) is 22.1 Å². The summed E-state index contributed by atoms with van der Waals surface area (Å²) < 4.78 is 0.438. The van der Waals surface area contributed by atoms with Crippen LogP contribution in [0.25, 0.3) is 0 Å². The second-order valence-corrected chi connectivity index (χ2v) is 4.82. The Labute approximate surface area is 108 Å². The predicted octanol–water partition coefficient (Wildman–Crippen LogP) is 2.60. The standard InChI is InChI=1S/C11H12N4S2/c12-8-9(16)14-11(13)15-10(8)17-6-7-4-2-1-3-5-7/h1-5H,6,12H2,(H3,13,14,15,16). The fraction of sp³-hybridized carbons (Fsp3) is 0.0909. The Bertz CT molecular complexity index is 565. The Morgan fingerprint density at radius 3 is 2.65 bits per heavy atom. The van der Waals surface area contributed by atoms with Gasteiger partial charge in [-0.2, -0.15) is 0 Å². The molecular formula is C11H12N4S2. The highest BCUT2D eigenvalue weighted by molar-refractivity contribution is 7.98. The number of nitrogens with zero attached hydrogens (tertiary/aromatic N) is 1. The minimum Gasteiger partial charge on any atom is -0.394 e. The maximum atomic E-state index is 5.84. The zero-order chi connectivity index (χ0) is 12.3. The van der Waals surface area contributed by atoms with E-state index in [1.54, 1.807) is 0 Å². The number of anilines is 2. The number of nitrogens with two attached hydrogens (primary N) is 2. The van der Waals surface area contributed by atoms with Gasteiger partial charge < -0.3 is 16.5 Å². The number of nitrogen functional groups attached to an aromatic ring is 2. The van der Waals surface area contributed by atoms with Crippen molar-refractivity contribution in [3.63, 3.8) is 0 Å². The summed E-state index contributed by atoms with van der Waals surface area (Å²) in [6, 6.07) is 10.1. The van der Waals surface area contributed by atoms with Gasteiger partial charge in [-0.25, -0.2) is 4.98 Å². The third kappa shape index (κ3) is 2.98. The Balaban J connectivity index is 2.17. The lowest BCUT2D eigenvalue weighted by Crippen LogP contribution is -2.01. The molecule has 17 heavy (non-hydrogen) atoms. The molecule has 0 saturated heterocycles. The average Bonchev–Trinajstić information content (AvgIpc) is 2.33. The minimum absolute atomic E-state index is 0.291. The Kier molecular flexibility index (Phi) is 3.65. The van der Waals surface area contributed by atoms with Gasteiger partial charge in [0.1, 0.15) is 9.67 Å². The van der Waals surface area contributed by atoms with Crippen LogP contribution in [0.15, 0.2) is 35.4 Å². The van der Waals surface area contributed by atoms with Crippen LogP contribution in [0.1, 0.15) is 5.56 Å². The Hall–Kier alpha value is -1.53. The molecule has 1 aromatic carbocycles. The van der Waals surface area contributed by atoms with E-state index in [0.717, 1.165) is 5.75 Å². The lowest BCUT2D eigenvalue weighted by molar-refractivity contribution is 1.06. The van der Waals surface area contributed by atoms with Gasteiger partial charge >= 0.3 is 0 Å². The summed E-state index contributed by atoms with van der Waals surface area (Å²) in [6.45, 7) is 0. The normalized spacial score (nSPS) is 10.4. The molecule has 0 aliphatic carbocycles. The smallest absolute Gasteiger partial charge is 0.199 e. The van der Waals surface area contributed by atoms with E-state index in [-0.39, 0.29) is 0 Å². The number of hydrogen-bond acceptors (Lipinski definition) is 5. The van der Waals surface area contributed by atoms with E-state index in [0.29, 0.717) is 21.3 Å². The summed E-state index contributed by atoms with van der Waals surface area (Å²) in [4.78, 5) is 6.86. The monoisotopic (exact) mass is 264 g/mol. The molecule has 0 saturated carbocycles. The van der Waals surface area contributed by atoms with Crippen LogP contribution in [-0.2, 0) is 5.75 Å². The van der Waals surface area contributed by atoms with Gasteiger partial charge in [0.25, 0.3) is 0 Å². The second kappa shape index (κ2) is 5.20. The molecule has 4 nitrogen and oxygen atoms in total. The number of H-pyrrole nitrogens is 1. The van der Waals surface area contributed by atoms with E-state index >= 15 is 0 Å². The third-order valence-corrected chi connectivity index (χ3v) is 3.54. The van der Waals surface area contributed by atoms with Crippen LogP contribution >= 0.6 is 24.0 Å². The molecule has 2 rings (SSSR count). The number of hydrogen-bond donors (Lipinski definition) is 3. The predicted molar refractivity (Wildman–Crippen MR) is 74.2 cm³/mol. The number of nitrogens with one attached hydrogen (secondary N) is 1. The molecule has 0 unspecified atom stereocenters. The van der Waals surface area contributed by atoms with Crippen molar-refractivity contribution in [2.75, 3.05) is 11.5 Å². The van der Waals surface area contributed by atoms with Crippen LogP contribution in [0, 0.1) is 4.64 Å². The summed E-state index contributed by atoms with van der Waals surface area (Å²) in [7, 11) is 0. The van der Waals surface area contributed by atoms with Crippen molar-refractivity contribution >= 4 is 35.6 Å². The molecule has 0 amide bonds. The number of thioether (sulfide) groups is 1. The molecule has 0 bridgehead atoms. The summed E-state index contributed by atoms with van der Waals surface area (Å²) in [5.74, 6) is 1.08. The molecule has 0 atom stereocenters. The third-order valence-electron chi connectivity index (χ3n) is 2.16. The maximum absolute atomic E-state index is 5.84. The van der Waals surface area contributed by atoms with Crippen molar-refractivity contribution in [3.8, 4) is 0 Å². The largest absolute Gasteiger partial charge is 0.394 e. The van der Waals surface area contributed by atoms with E-state index in [1.807, 2.05) is 18.2 Å². The molecule has 1 heterocycles. The van der Waals surface area contributed by atoms with Crippen molar-refractivity contribution in [1.82, 2.24) is 9.97 Å². The summed E-state index contributed by atoms with van der Waals surface area (Å²) in [5.41, 5.74) is 13.1. The first-order valence-electron chi connectivity index (χ1n) is 4.99. The van der Waals surface area contributed by atoms with Gasteiger partial charge in [0, 0.05) is 5.75 Å². The highest BCUT2D eigenvalue weighted by Gasteiger charge is 2.05. The number of benzene rings is 1. The van der Waals surface area contributed by atoms with Gasteiger partial charge in [0.2, 0.25) is 0 Å². The molecule has 1 aromatic heterocycles. The van der Waals surface area contributed by atoms with Crippen molar-refractivity contribution in [2.24, 2.45) is 0 Å². The van der Waals surface area contributed by atoms with E-state index < -0.39 is 0 Å². The molecule has 0 radical (unpaired) electrons. The van der Waals surface area contributed by atoms with Gasteiger partial charge in [-0.1, -0.05) is 54.3 Å². The molecule has 2 aromatic rings. The molecule has 0 aliphatic heterocycles. The second-order valence-electron chi connectivity index (χ2n) is 3.44. The summed E-state index contributed by atoms with van der Waals surface area (Å²) >= 11 is 6.57. The van der Waals surface area contributed by atoms with Gasteiger partial charge in [0.15, 0.2) is 5.95 Å². The maximum Gasteiger partial charge on any atom is 0.199 e. The summed E-state index contributed by atoms with van der Waals surface area (Å²) in [5, 5.41) is 0.676. The lowest BCUT2D eigenvalue weighted by atomic mass is 10.2. The average molecular weight is 264 g/mol. The van der Waals surface area contributed by atoms with E-state index in [9.17, 15) is 0 Å². The van der Waals surface area contributed by atoms with Crippen LogP contribution in [0.5, 0.6) is 0 Å². The number of aromatic amines is 1. The van der Waals surface area contributed by atoms with Gasteiger partial charge in [-0.15, -0.1) is 0 Å². The van der Waals surface area contributed by atoms with Crippen LogP contribution in [0.4, 0.5) is 11.6 Å². The van der Waals surface area contributed by atoms with Crippen molar-refractivity contribution in [1.29, 1.82) is 0 Å². The number of rotatable bonds is 3. The van der Waals surface area contributed by atoms with Crippen LogP contribution in [0.2, 0.25) is 0 Å². The van der Waals surface area contributed by atoms with Crippen molar-refractivity contribution in [3.05, 3.63) is 40.5 Å². The van der Waals surface area contributed by atoms with Crippen molar-refractivity contribution in [2.45, 2.75) is 10.8 Å². The van der Waals surface area contributed by atoms with Gasteiger partial charge in [-0.3, -0.25) is 0 Å². The van der Waals surface area contributed by atoms with Gasteiger partial charge in [-0.05, 0) is 5.56 Å².